The monoisotopic (exact) mass is 485 g/mol. The van der Waals surface area contributed by atoms with Crippen LogP contribution in [0.4, 0.5) is 10.1 Å². The average molecular weight is 486 g/mol. The lowest BCUT2D eigenvalue weighted by molar-refractivity contribution is -0.117. The predicted molar refractivity (Wildman–Crippen MR) is 115 cm³/mol. The third kappa shape index (κ3) is 3.92. The van der Waals surface area contributed by atoms with Crippen LogP contribution in [-0.2, 0) is 25.0 Å². The molecule has 13 heteroatoms. The highest BCUT2D eigenvalue weighted by Crippen LogP contribution is 2.39. The van der Waals surface area contributed by atoms with Crippen LogP contribution < -0.4 is 9.03 Å². The van der Waals surface area contributed by atoms with Crippen molar-refractivity contribution in [2.45, 2.75) is 6.42 Å². The highest BCUT2D eigenvalue weighted by Gasteiger charge is 2.38. The summed E-state index contributed by atoms with van der Waals surface area (Å²) in [5.74, 6) is -2.69. The van der Waals surface area contributed by atoms with Crippen LogP contribution in [0.15, 0.2) is 30.3 Å². The minimum absolute atomic E-state index is 0.00679. The van der Waals surface area contributed by atoms with E-state index < -0.39 is 49.9 Å². The van der Waals surface area contributed by atoms with Gasteiger partial charge >= 0.3 is 10.2 Å². The number of phenols is 1. The lowest BCUT2D eigenvalue weighted by Gasteiger charge is -2.19. The second-order valence-corrected chi connectivity index (χ2v) is 11.1. The number of hydrogen-bond acceptors (Lipinski definition) is 7. The Balaban J connectivity index is 1.70. The highest BCUT2D eigenvalue weighted by molar-refractivity contribution is 7.92. The number of carbonyl (C=O) groups excluding carboxylic acids is 1. The van der Waals surface area contributed by atoms with Gasteiger partial charge in [-0.05, 0) is 35.1 Å². The van der Waals surface area contributed by atoms with Crippen LogP contribution in [-0.4, -0.2) is 69.3 Å². The minimum atomic E-state index is -4.33. The number of rotatable bonds is 6. The van der Waals surface area contributed by atoms with Crippen LogP contribution in [0.25, 0.3) is 16.3 Å². The molecule has 32 heavy (non-hydrogen) atoms. The van der Waals surface area contributed by atoms with E-state index in [4.69, 9.17) is 5.11 Å². The summed E-state index contributed by atoms with van der Waals surface area (Å²) in [6.07, 6.45) is 1.82. The Labute approximate surface area is 183 Å². The maximum absolute atomic E-state index is 15.4. The van der Waals surface area contributed by atoms with Crippen LogP contribution >= 0.6 is 0 Å². The van der Waals surface area contributed by atoms with Gasteiger partial charge in [0.1, 0.15) is 18.0 Å². The van der Waals surface area contributed by atoms with Crippen molar-refractivity contribution >= 4 is 48.2 Å². The van der Waals surface area contributed by atoms with E-state index in [1.807, 2.05) is 0 Å². The van der Waals surface area contributed by atoms with Crippen molar-refractivity contribution in [3.05, 3.63) is 41.7 Å². The first-order chi connectivity index (χ1) is 15.0. The summed E-state index contributed by atoms with van der Waals surface area (Å²) in [7, 11) is -7.88. The first-order valence-corrected chi connectivity index (χ1v) is 12.6. The number of halogens is 1. The lowest BCUT2D eigenvalue weighted by atomic mass is 10.0. The topological polar surface area (TPSA) is 144 Å². The van der Waals surface area contributed by atoms with Gasteiger partial charge in [0.05, 0.1) is 5.75 Å². The number of hydrogen-bond donors (Lipinski definition) is 3. The summed E-state index contributed by atoms with van der Waals surface area (Å²) in [6.45, 7) is -0.681. The standard InChI is InChI=1S/C19H20FN3O7S2/c20-18-15-8-12(14-4-5-22(10-14)31(27,28)7-1-6-24)2-3-13(15)9-16(25)19(18)23-11-17(26)21-32(23,29)30/h2-4,8-9,24-25H,1,5-7,10-11H2,(H,21,26). The summed E-state index contributed by atoms with van der Waals surface area (Å²) >= 11 is 0. The number of aliphatic hydroxyl groups excluding tert-OH is 1. The number of benzene rings is 2. The van der Waals surface area contributed by atoms with Gasteiger partial charge in [-0.25, -0.2) is 21.8 Å². The average Bonchev–Trinajstić information content (AvgIpc) is 3.31. The SMILES string of the molecule is O=C1CN(c2c(O)cc3ccc(C4=CCN(S(=O)(=O)CCCO)C4)cc3c2F)S(=O)(=O)N1. The normalized spacial score (nSPS) is 18.9. The molecule has 1 amide bonds. The van der Waals surface area contributed by atoms with Gasteiger partial charge in [-0.15, -0.1) is 0 Å². The molecule has 2 aromatic rings. The van der Waals surface area contributed by atoms with Crippen molar-refractivity contribution in [3.8, 4) is 5.75 Å². The van der Waals surface area contributed by atoms with Gasteiger partial charge in [0.2, 0.25) is 10.0 Å². The third-order valence-electron chi connectivity index (χ3n) is 5.31. The Bertz CT molecular complexity index is 1360. The number of amides is 1. The zero-order chi connectivity index (χ0) is 23.3. The Morgan fingerprint density at radius 3 is 2.59 bits per heavy atom. The molecule has 10 nitrogen and oxygen atoms in total. The van der Waals surface area contributed by atoms with Crippen molar-refractivity contribution in [1.82, 2.24) is 9.03 Å². The molecule has 0 atom stereocenters. The Kier molecular flexibility index (Phi) is 5.61. The third-order valence-corrected chi connectivity index (χ3v) is 8.56. The number of sulfonamides is 1. The molecule has 4 rings (SSSR count). The zero-order valence-electron chi connectivity index (χ0n) is 16.7. The quantitative estimate of drug-likeness (QED) is 0.533. The molecule has 2 aromatic carbocycles. The van der Waals surface area contributed by atoms with E-state index in [0.717, 1.165) is 0 Å². The van der Waals surface area contributed by atoms with Gasteiger partial charge in [-0.2, -0.15) is 12.7 Å². The predicted octanol–water partition coefficient (Wildman–Crippen LogP) is 0.277. The van der Waals surface area contributed by atoms with E-state index in [0.29, 0.717) is 20.8 Å². The van der Waals surface area contributed by atoms with Crippen LogP contribution in [0.2, 0.25) is 0 Å². The number of aliphatic hydroxyl groups is 1. The van der Waals surface area contributed by atoms with Crippen LogP contribution in [0.3, 0.4) is 0 Å². The molecular formula is C19H20FN3O7S2. The van der Waals surface area contributed by atoms with E-state index in [1.54, 1.807) is 16.9 Å². The van der Waals surface area contributed by atoms with Crippen molar-refractivity contribution in [2.24, 2.45) is 0 Å². The molecule has 1 fully saturated rings. The molecule has 1 saturated heterocycles. The fraction of sp³-hybridized carbons (Fsp3) is 0.316. The molecule has 0 unspecified atom stereocenters. The van der Waals surface area contributed by atoms with E-state index in [9.17, 15) is 26.7 Å². The van der Waals surface area contributed by atoms with E-state index in [2.05, 4.69) is 0 Å². The smallest absolute Gasteiger partial charge is 0.326 e. The lowest BCUT2D eigenvalue weighted by Crippen LogP contribution is -2.31. The van der Waals surface area contributed by atoms with Crippen molar-refractivity contribution in [3.63, 3.8) is 0 Å². The molecule has 172 valence electrons. The summed E-state index contributed by atoms with van der Waals surface area (Å²) < 4.78 is 67.8. The zero-order valence-corrected chi connectivity index (χ0v) is 18.3. The molecule has 2 aliphatic heterocycles. The van der Waals surface area contributed by atoms with Crippen molar-refractivity contribution < 1.29 is 36.2 Å². The van der Waals surface area contributed by atoms with Gasteiger partial charge in [-0.1, -0.05) is 18.2 Å². The number of anilines is 1. The number of carbonyl (C=O) groups is 1. The van der Waals surface area contributed by atoms with E-state index >= 15 is 4.39 Å². The molecule has 0 radical (unpaired) electrons. The number of phenolic OH excluding ortho intramolecular Hbond substituents is 1. The molecule has 0 bridgehead atoms. The first-order valence-electron chi connectivity index (χ1n) is 9.60. The van der Waals surface area contributed by atoms with Gasteiger partial charge in [0, 0.05) is 25.1 Å². The molecule has 2 aliphatic rings. The van der Waals surface area contributed by atoms with Crippen LogP contribution in [0.5, 0.6) is 5.75 Å². The Morgan fingerprint density at radius 2 is 1.94 bits per heavy atom. The Hall–Kier alpha value is -2.74. The first kappa shape index (κ1) is 22.5. The van der Waals surface area contributed by atoms with Crippen molar-refractivity contribution in [1.29, 1.82) is 0 Å². The molecule has 0 aliphatic carbocycles. The molecule has 0 aromatic heterocycles. The number of fused-ring (bicyclic) bond motifs is 1. The summed E-state index contributed by atoms with van der Waals surface area (Å²) in [6, 6.07) is 5.82. The highest BCUT2D eigenvalue weighted by atomic mass is 32.2. The number of aromatic hydroxyl groups is 1. The second kappa shape index (κ2) is 7.99. The number of nitrogens with zero attached hydrogens (tertiary/aromatic N) is 2. The van der Waals surface area contributed by atoms with Crippen LogP contribution in [0.1, 0.15) is 12.0 Å². The van der Waals surface area contributed by atoms with Gasteiger partial charge in [-0.3, -0.25) is 4.79 Å². The summed E-state index contributed by atoms with van der Waals surface area (Å²) in [5, 5.41) is 19.4. The second-order valence-electron chi connectivity index (χ2n) is 7.45. The van der Waals surface area contributed by atoms with E-state index in [-0.39, 0.29) is 37.3 Å². The van der Waals surface area contributed by atoms with Gasteiger partial charge in [0.25, 0.3) is 5.91 Å². The summed E-state index contributed by atoms with van der Waals surface area (Å²) in [4.78, 5) is 11.5. The molecular weight excluding hydrogens is 465 g/mol. The minimum Gasteiger partial charge on any atom is -0.506 e. The largest absolute Gasteiger partial charge is 0.506 e. The van der Waals surface area contributed by atoms with Crippen LogP contribution in [0, 0.1) is 5.82 Å². The fourth-order valence-corrected chi connectivity index (χ4v) is 6.29. The molecule has 0 spiro atoms. The van der Waals surface area contributed by atoms with Crippen molar-refractivity contribution in [2.75, 3.05) is 36.3 Å². The fourth-order valence-electron chi connectivity index (χ4n) is 3.74. The maximum atomic E-state index is 15.4. The molecule has 3 N–H and O–H groups in total. The maximum Gasteiger partial charge on any atom is 0.326 e. The number of nitrogens with one attached hydrogen (secondary N) is 1. The Morgan fingerprint density at radius 1 is 1.19 bits per heavy atom. The summed E-state index contributed by atoms with van der Waals surface area (Å²) in [5.41, 5.74) is 0.534. The molecule has 2 heterocycles. The van der Waals surface area contributed by atoms with Gasteiger partial charge in [0.15, 0.2) is 5.82 Å². The van der Waals surface area contributed by atoms with Gasteiger partial charge < -0.3 is 10.2 Å². The van der Waals surface area contributed by atoms with E-state index in [1.165, 1.54) is 22.5 Å². The molecule has 0 saturated carbocycles.